The Morgan fingerprint density at radius 1 is 1.33 bits per heavy atom. The third kappa shape index (κ3) is 2.89. The third-order valence-electron chi connectivity index (χ3n) is 1.35. The summed E-state index contributed by atoms with van der Waals surface area (Å²) in [4.78, 5) is 0. The number of ether oxygens (including phenoxy) is 1. The lowest BCUT2D eigenvalue weighted by atomic mass is 10.2. The second kappa shape index (κ2) is 4.97. The first kappa shape index (κ1) is 8.35. The zero-order valence-electron chi connectivity index (χ0n) is 6.60. The van der Waals surface area contributed by atoms with E-state index in [1.54, 1.807) is 12.3 Å². The number of rotatable bonds is 3. The van der Waals surface area contributed by atoms with Crippen molar-refractivity contribution in [1.82, 2.24) is 0 Å². The maximum absolute atomic E-state index is 8.06. The van der Waals surface area contributed by atoms with Crippen molar-refractivity contribution in [3.8, 4) is 6.26 Å². The van der Waals surface area contributed by atoms with E-state index in [0.717, 1.165) is 5.56 Å². The van der Waals surface area contributed by atoms with Gasteiger partial charge in [0.2, 0.25) is 0 Å². The van der Waals surface area contributed by atoms with E-state index >= 15 is 0 Å². The van der Waals surface area contributed by atoms with Crippen LogP contribution in [0.4, 0.5) is 0 Å². The molecule has 0 aliphatic heterocycles. The fourth-order valence-corrected chi connectivity index (χ4v) is 0.834. The Bertz CT molecular complexity index is 284. The van der Waals surface area contributed by atoms with Crippen molar-refractivity contribution in [3.05, 3.63) is 42.0 Å². The Morgan fingerprint density at radius 3 is 2.75 bits per heavy atom. The Morgan fingerprint density at radius 2 is 2.08 bits per heavy atom. The van der Waals surface area contributed by atoms with Crippen LogP contribution >= 0.6 is 0 Å². The average molecular weight is 159 g/mol. The van der Waals surface area contributed by atoms with Gasteiger partial charge in [-0.15, -0.1) is 0 Å². The van der Waals surface area contributed by atoms with Crippen molar-refractivity contribution in [2.24, 2.45) is 0 Å². The molecule has 0 N–H and O–H groups in total. The maximum Gasteiger partial charge on any atom is 0.286 e. The fraction of sp³-hybridized carbons (Fsp3) is 0.100. The molecule has 0 radical (unpaired) electrons. The first-order valence-corrected chi connectivity index (χ1v) is 3.66. The molecule has 0 aliphatic carbocycles. The molecule has 0 fully saturated rings. The SMILES string of the molecule is N#COCC=Cc1ccccc1. The van der Waals surface area contributed by atoms with E-state index in [0.29, 0.717) is 6.61 Å². The maximum atomic E-state index is 8.06. The van der Waals surface area contributed by atoms with E-state index in [2.05, 4.69) is 4.74 Å². The first-order valence-electron chi connectivity index (χ1n) is 3.66. The highest BCUT2D eigenvalue weighted by Gasteiger charge is 1.81. The summed E-state index contributed by atoms with van der Waals surface area (Å²) < 4.78 is 4.47. The van der Waals surface area contributed by atoms with Gasteiger partial charge in [-0.25, -0.2) is 0 Å². The van der Waals surface area contributed by atoms with Gasteiger partial charge >= 0.3 is 0 Å². The van der Waals surface area contributed by atoms with Gasteiger partial charge in [0, 0.05) is 0 Å². The Hall–Kier alpha value is -1.75. The van der Waals surface area contributed by atoms with Crippen LogP contribution in [0, 0.1) is 11.5 Å². The zero-order chi connectivity index (χ0) is 8.65. The number of hydrogen-bond donors (Lipinski definition) is 0. The lowest BCUT2D eigenvalue weighted by Crippen LogP contribution is -1.79. The number of nitriles is 1. The molecule has 0 saturated carbocycles. The van der Waals surface area contributed by atoms with Crippen LogP contribution in [0.1, 0.15) is 5.56 Å². The molecule has 0 aliphatic rings. The van der Waals surface area contributed by atoms with Crippen LogP contribution in [0.5, 0.6) is 0 Å². The molecular weight excluding hydrogens is 150 g/mol. The van der Waals surface area contributed by atoms with Gasteiger partial charge < -0.3 is 4.74 Å². The van der Waals surface area contributed by atoms with E-state index in [1.807, 2.05) is 36.4 Å². The van der Waals surface area contributed by atoms with Crippen LogP contribution < -0.4 is 0 Å². The lowest BCUT2D eigenvalue weighted by Gasteiger charge is -1.90. The summed E-state index contributed by atoms with van der Waals surface area (Å²) in [6.45, 7) is 0.339. The van der Waals surface area contributed by atoms with Crippen LogP contribution in [0.3, 0.4) is 0 Å². The monoisotopic (exact) mass is 159 g/mol. The minimum atomic E-state index is 0.339. The summed E-state index contributed by atoms with van der Waals surface area (Å²) in [5, 5.41) is 8.06. The zero-order valence-corrected chi connectivity index (χ0v) is 6.60. The summed E-state index contributed by atoms with van der Waals surface area (Å²) >= 11 is 0. The van der Waals surface area contributed by atoms with Gasteiger partial charge in [-0.05, 0) is 11.6 Å². The van der Waals surface area contributed by atoms with Crippen LogP contribution in [0.15, 0.2) is 36.4 Å². The molecular formula is C10H9NO. The summed E-state index contributed by atoms with van der Waals surface area (Å²) in [6, 6.07) is 9.87. The van der Waals surface area contributed by atoms with Gasteiger partial charge in [0.1, 0.15) is 6.61 Å². The molecule has 2 nitrogen and oxygen atoms in total. The van der Waals surface area contributed by atoms with E-state index in [-0.39, 0.29) is 0 Å². The van der Waals surface area contributed by atoms with Crippen LogP contribution in [-0.2, 0) is 4.74 Å². The minimum Gasteiger partial charge on any atom is -0.423 e. The second-order valence-electron chi connectivity index (χ2n) is 2.22. The predicted molar refractivity (Wildman–Crippen MR) is 47.0 cm³/mol. The summed E-state index contributed by atoms with van der Waals surface area (Å²) in [7, 11) is 0. The molecule has 0 saturated heterocycles. The number of hydrogen-bond acceptors (Lipinski definition) is 2. The van der Waals surface area contributed by atoms with Crippen molar-refractivity contribution in [1.29, 1.82) is 5.26 Å². The summed E-state index contributed by atoms with van der Waals surface area (Å²) in [5.74, 6) is 0. The quantitative estimate of drug-likeness (QED) is 0.500. The Balaban J connectivity index is 2.43. The summed E-state index contributed by atoms with van der Waals surface area (Å²) in [5.41, 5.74) is 1.11. The van der Waals surface area contributed by atoms with Crippen LogP contribution in [0.2, 0.25) is 0 Å². The van der Waals surface area contributed by atoms with E-state index < -0.39 is 0 Å². The molecule has 0 unspecified atom stereocenters. The predicted octanol–water partition coefficient (Wildman–Crippen LogP) is 2.20. The third-order valence-corrected chi connectivity index (χ3v) is 1.35. The molecule has 1 rings (SSSR count). The molecule has 60 valence electrons. The molecule has 0 spiro atoms. The van der Waals surface area contributed by atoms with Crippen molar-refractivity contribution in [3.63, 3.8) is 0 Å². The normalized spacial score (nSPS) is 9.58. The van der Waals surface area contributed by atoms with E-state index in [1.165, 1.54) is 0 Å². The van der Waals surface area contributed by atoms with Gasteiger partial charge in [0.15, 0.2) is 0 Å². The molecule has 2 heteroatoms. The largest absolute Gasteiger partial charge is 0.423 e. The number of benzene rings is 1. The van der Waals surface area contributed by atoms with E-state index in [4.69, 9.17) is 5.26 Å². The average Bonchev–Trinajstić information content (AvgIpc) is 2.14. The molecule has 1 aromatic rings. The fourth-order valence-electron chi connectivity index (χ4n) is 0.834. The molecule has 0 aromatic heterocycles. The highest BCUT2D eigenvalue weighted by atomic mass is 16.5. The van der Waals surface area contributed by atoms with Crippen molar-refractivity contribution >= 4 is 6.08 Å². The Kier molecular flexibility index (Phi) is 3.46. The van der Waals surface area contributed by atoms with Crippen molar-refractivity contribution in [2.45, 2.75) is 0 Å². The second-order valence-corrected chi connectivity index (χ2v) is 2.22. The highest BCUT2D eigenvalue weighted by molar-refractivity contribution is 5.48. The molecule has 12 heavy (non-hydrogen) atoms. The van der Waals surface area contributed by atoms with Crippen LogP contribution in [-0.4, -0.2) is 6.61 Å². The van der Waals surface area contributed by atoms with Crippen molar-refractivity contribution in [2.75, 3.05) is 6.61 Å². The minimum absolute atomic E-state index is 0.339. The standard InChI is InChI=1S/C10H9NO/c11-9-12-8-4-7-10-5-2-1-3-6-10/h1-7H,8H2. The highest BCUT2D eigenvalue weighted by Crippen LogP contribution is 2.00. The van der Waals surface area contributed by atoms with E-state index in [9.17, 15) is 0 Å². The lowest BCUT2D eigenvalue weighted by molar-refractivity contribution is 0.313. The topological polar surface area (TPSA) is 33.0 Å². The number of nitrogens with zero attached hydrogens (tertiary/aromatic N) is 1. The molecule has 0 atom stereocenters. The van der Waals surface area contributed by atoms with Gasteiger partial charge in [-0.2, -0.15) is 5.26 Å². The smallest absolute Gasteiger partial charge is 0.286 e. The van der Waals surface area contributed by atoms with Crippen molar-refractivity contribution < 1.29 is 4.74 Å². The first-order chi connectivity index (χ1) is 5.93. The van der Waals surface area contributed by atoms with Gasteiger partial charge in [-0.1, -0.05) is 36.4 Å². The molecule has 0 heterocycles. The van der Waals surface area contributed by atoms with Crippen LogP contribution in [0.25, 0.3) is 6.08 Å². The van der Waals surface area contributed by atoms with Gasteiger partial charge in [-0.3, -0.25) is 0 Å². The molecule has 0 bridgehead atoms. The Labute approximate surface area is 71.7 Å². The van der Waals surface area contributed by atoms with Gasteiger partial charge in [0.05, 0.1) is 0 Å². The molecule has 1 aromatic carbocycles. The van der Waals surface area contributed by atoms with Gasteiger partial charge in [0.25, 0.3) is 6.26 Å². The summed E-state index contributed by atoms with van der Waals surface area (Å²) in [6.07, 6.45) is 5.32. The molecule has 0 amide bonds.